The molecule has 0 unspecified atom stereocenters. The third kappa shape index (κ3) is 4.59. The first-order valence-electron chi connectivity index (χ1n) is 11.1. The highest BCUT2D eigenvalue weighted by Gasteiger charge is 2.46. The van der Waals surface area contributed by atoms with Crippen LogP contribution in [0.3, 0.4) is 0 Å². The summed E-state index contributed by atoms with van der Waals surface area (Å²) in [5, 5.41) is 3.33. The molecule has 0 radical (unpaired) electrons. The van der Waals surface area contributed by atoms with Crippen molar-refractivity contribution >= 4 is 11.8 Å². The standard InChI is InChI=1S/C24H36N2O2/c1-18(2)15-16-26-22(27)21-14-10-9-11-19(21)17-24(26,3)23(28)25-20-12-7-5-4-6-8-13-20/h9-11,14,18,20H,4-8,12-13,15-17H2,1-3H3,(H,25,28)/t24-/m1/s1. The van der Waals surface area contributed by atoms with Crippen molar-refractivity contribution in [1.29, 1.82) is 0 Å². The van der Waals surface area contributed by atoms with Crippen molar-refractivity contribution in [3.63, 3.8) is 0 Å². The van der Waals surface area contributed by atoms with Gasteiger partial charge in [-0.3, -0.25) is 9.59 Å². The number of amides is 2. The summed E-state index contributed by atoms with van der Waals surface area (Å²) in [6.07, 6.45) is 9.79. The van der Waals surface area contributed by atoms with Gasteiger partial charge in [-0.1, -0.05) is 64.2 Å². The second-order valence-corrected chi connectivity index (χ2v) is 9.26. The summed E-state index contributed by atoms with van der Waals surface area (Å²) in [5.74, 6) is 0.505. The molecule has 1 aliphatic carbocycles. The summed E-state index contributed by atoms with van der Waals surface area (Å²) in [4.78, 5) is 28.6. The number of carbonyl (C=O) groups excluding carboxylic acids is 2. The van der Waals surface area contributed by atoms with Crippen LogP contribution in [-0.4, -0.2) is 34.8 Å². The molecule has 2 aliphatic rings. The lowest BCUT2D eigenvalue weighted by atomic mass is 9.82. The molecule has 2 amide bonds. The van der Waals surface area contributed by atoms with Crippen LogP contribution in [0.15, 0.2) is 24.3 Å². The average molecular weight is 385 g/mol. The average Bonchev–Trinajstić information content (AvgIpc) is 2.63. The van der Waals surface area contributed by atoms with E-state index in [2.05, 4.69) is 19.2 Å². The van der Waals surface area contributed by atoms with Crippen molar-refractivity contribution in [3.8, 4) is 0 Å². The summed E-state index contributed by atoms with van der Waals surface area (Å²) in [7, 11) is 0. The molecule has 0 aromatic heterocycles. The van der Waals surface area contributed by atoms with Gasteiger partial charge in [-0.05, 0) is 43.7 Å². The van der Waals surface area contributed by atoms with Crippen molar-refractivity contribution in [2.45, 2.75) is 90.1 Å². The van der Waals surface area contributed by atoms with Crippen molar-refractivity contribution in [3.05, 3.63) is 35.4 Å². The molecule has 1 N–H and O–H groups in total. The number of hydrogen-bond donors (Lipinski definition) is 1. The van der Waals surface area contributed by atoms with E-state index >= 15 is 0 Å². The van der Waals surface area contributed by atoms with Crippen molar-refractivity contribution in [2.24, 2.45) is 5.92 Å². The van der Waals surface area contributed by atoms with E-state index < -0.39 is 5.54 Å². The quantitative estimate of drug-likeness (QED) is 0.799. The smallest absolute Gasteiger partial charge is 0.255 e. The third-order valence-electron chi connectivity index (χ3n) is 6.48. The summed E-state index contributed by atoms with van der Waals surface area (Å²) in [6, 6.07) is 8.00. The minimum Gasteiger partial charge on any atom is -0.351 e. The monoisotopic (exact) mass is 384 g/mol. The lowest BCUT2D eigenvalue weighted by Gasteiger charge is -2.45. The Labute approximate surface area is 170 Å². The summed E-state index contributed by atoms with van der Waals surface area (Å²) < 4.78 is 0. The van der Waals surface area contributed by atoms with Crippen LogP contribution in [0.4, 0.5) is 0 Å². The normalized spacial score (nSPS) is 23.9. The van der Waals surface area contributed by atoms with Gasteiger partial charge in [-0.2, -0.15) is 0 Å². The molecule has 1 aromatic carbocycles. The Morgan fingerprint density at radius 3 is 2.46 bits per heavy atom. The second kappa shape index (κ2) is 9.11. The number of carbonyl (C=O) groups is 2. The van der Waals surface area contributed by atoms with Gasteiger partial charge in [0.25, 0.3) is 5.91 Å². The van der Waals surface area contributed by atoms with Crippen molar-refractivity contribution < 1.29 is 9.59 Å². The fourth-order valence-electron chi connectivity index (χ4n) is 4.60. The van der Waals surface area contributed by atoms with Crippen LogP contribution < -0.4 is 5.32 Å². The molecular weight excluding hydrogens is 348 g/mol. The Hall–Kier alpha value is -1.84. The Morgan fingerprint density at radius 2 is 1.79 bits per heavy atom. The SMILES string of the molecule is CC(C)CCN1C(=O)c2ccccc2C[C@]1(C)C(=O)NC1CCCCCCC1. The first kappa shape index (κ1) is 20.9. The van der Waals surface area contributed by atoms with E-state index in [-0.39, 0.29) is 17.9 Å². The first-order valence-corrected chi connectivity index (χ1v) is 11.1. The highest BCUT2D eigenvalue weighted by atomic mass is 16.2. The van der Waals surface area contributed by atoms with Gasteiger partial charge in [-0.15, -0.1) is 0 Å². The van der Waals surface area contributed by atoms with E-state index in [1.54, 1.807) is 0 Å². The van der Waals surface area contributed by atoms with Gasteiger partial charge in [-0.25, -0.2) is 0 Å². The van der Waals surface area contributed by atoms with Crippen LogP contribution in [-0.2, 0) is 11.2 Å². The largest absolute Gasteiger partial charge is 0.351 e. The number of fused-ring (bicyclic) bond motifs is 1. The maximum absolute atomic E-state index is 13.5. The van der Waals surface area contributed by atoms with E-state index in [1.165, 1.54) is 32.1 Å². The molecule has 0 bridgehead atoms. The number of nitrogens with one attached hydrogen (secondary N) is 1. The number of nitrogens with zero attached hydrogens (tertiary/aromatic N) is 1. The zero-order valence-electron chi connectivity index (χ0n) is 17.8. The number of rotatable bonds is 5. The minimum absolute atomic E-state index is 0.00202. The van der Waals surface area contributed by atoms with E-state index in [0.717, 1.165) is 30.4 Å². The Bertz CT molecular complexity index is 692. The van der Waals surface area contributed by atoms with Gasteiger partial charge in [0.05, 0.1) is 0 Å². The fourth-order valence-corrected chi connectivity index (χ4v) is 4.60. The summed E-state index contributed by atoms with van der Waals surface area (Å²) in [6.45, 7) is 6.90. The molecular formula is C24H36N2O2. The fraction of sp³-hybridized carbons (Fsp3) is 0.667. The maximum atomic E-state index is 13.5. The first-order chi connectivity index (χ1) is 13.4. The molecule has 0 saturated heterocycles. The van der Waals surface area contributed by atoms with E-state index in [1.807, 2.05) is 36.1 Å². The molecule has 28 heavy (non-hydrogen) atoms. The molecule has 1 aliphatic heterocycles. The lowest BCUT2D eigenvalue weighted by molar-refractivity contribution is -0.132. The van der Waals surface area contributed by atoms with Gasteiger partial charge in [0.15, 0.2) is 0 Å². The molecule has 1 saturated carbocycles. The molecule has 3 rings (SSSR count). The van der Waals surface area contributed by atoms with Gasteiger partial charge in [0.2, 0.25) is 5.91 Å². The van der Waals surface area contributed by atoms with Gasteiger partial charge in [0, 0.05) is 24.6 Å². The zero-order chi connectivity index (χ0) is 20.1. The van der Waals surface area contributed by atoms with Crippen LogP contribution in [0.5, 0.6) is 0 Å². The van der Waals surface area contributed by atoms with E-state index in [9.17, 15) is 9.59 Å². The van der Waals surface area contributed by atoms with Crippen LogP contribution in [0, 0.1) is 5.92 Å². The summed E-state index contributed by atoms with van der Waals surface area (Å²) >= 11 is 0. The Kier molecular flexibility index (Phi) is 6.79. The highest BCUT2D eigenvalue weighted by molar-refractivity contribution is 6.02. The molecule has 1 fully saturated rings. The van der Waals surface area contributed by atoms with E-state index in [0.29, 0.717) is 18.9 Å². The minimum atomic E-state index is -0.817. The molecule has 4 nitrogen and oxygen atoms in total. The number of hydrogen-bond acceptors (Lipinski definition) is 2. The molecule has 1 aromatic rings. The number of benzene rings is 1. The van der Waals surface area contributed by atoms with Crippen LogP contribution in [0.25, 0.3) is 0 Å². The van der Waals surface area contributed by atoms with Crippen molar-refractivity contribution in [2.75, 3.05) is 6.54 Å². The summed E-state index contributed by atoms with van der Waals surface area (Å²) in [5.41, 5.74) is 0.925. The molecule has 1 heterocycles. The second-order valence-electron chi connectivity index (χ2n) is 9.26. The van der Waals surface area contributed by atoms with Crippen LogP contribution >= 0.6 is 0 Å². The molecule has 1 atom stereocenters. The van der Waals surface area contributed by atoms with E-state index in [4.69, 9.17) is 0 Å². The van der Waals surface area contributed by atoms with Crippen LogP contribution in [0.2, 0.25) is 0 Å². The van der Waals surface area contributed by atoms with Gasteiger partial charge < -0.3 is 10.2 Å². The maximum Gasteiger partial charge on any atom is 0.255 e. The third-order valence-corrected chi connectivity index (χ3v) is 6.48. The van der Waals surface area contributed by atoms with Crippen molar-refractivity contribution in [1.82, 2.24) is 10.2 Å². The molecule has 4 heteroatoms. The van der Waals surface area contributed by atoms with Gasteiger partial charge >= 0.3 is 0 Å². The highest BCUT2D eigenvalue weighted by Crippen LogP contribution is 2.32. The van der Waals surface area contributed by atoms with Gasteiger partial charge in [0.1, 0.15) is 5.54 Å². The molecule has 154 valence electrons. The lowest BCUT2D eigenvalue weighted by Crippen LogP contribution is -2.63. The Balaban J connectivity index is 1.83. The Morgan fingerprint density at radius 1 is 1.14 bits per heavy atom. The topological polar surface area (TPSA) is 49.4 Å². The predicted molar refractivity (Wildman–Crippen MR) is 113 cm³/mol. The molecule has 0 spiro atoms. The predicted octanol–water partition coefficient (Wildman–Crippen LogP) is 4.72. The van der Waals surface area contributed by atoms with Crippen LogP contribution in [0.1, 0.15) is 88.1 Å². The zero-order valence-corrected chi connectivity index (χ0v) is 17.8.